The van der Waals surface area contributed by atoms with Crippen molar-refractivity contribution in [1.82, 2.24) is 45.3 Å². The standard InChI is InChI=1S/C55H68N12O5S/c1-35(2)51(55(70)66-22-8-11-46(66)54(69)59-36(3)38-13-15-39(16-14-38)52-37(4)58-34-73-52)49-29-40(62-72-49)9-7-21-63-23-25-64(26-24-63)27-28-71-50-30-41(19-20-57-50)67-42-17-18-43(67)33-65(32-42)47-31-45(60-61-53(47)56)44-10-5-6-12-48(44)68/h5-6,10,12-16,19-20,29-31,34-36,42-43,46,51,68H,7-9,11,17-18,21-28,32-33H2,1-4H3,(H2,56,61)(H,59,69)/t36-,42?,43?,46-,51+/m0/s1. The number of likely N-dealkylation sites (tertiary alicyclic amines) is 1. The van der Waals surface area contributed by atoms with Gasteiger partial charge in [0, 0.05) is 94.0 Å². The van der Waals surface area contributed by atoms with Gasteiger partial charge in [-0.3, -0.25) is 14.5 Å². The Balaban J connectivity index is 0.649. The van der Waals surface area contributed by atoms with Gasteiger partial charge in [0.2, 0.25) is 17.7 Å². The van der Waals surface area contributed by atoms with E-state index in [1.54, 1.807) is 28.4 Å². The number of nitrogens with two attached hydrogens (primary N) is 1. The zero-order valence-electron chi connectivity index (χ0n) is 42.4. The molecule has 0 saturated carbocycles. The molecule has 2 bridgehead atoms. The van der Waals surface area contributed by atoms with Gasteiger partial charge in [-0.15, -0.1) is 21.5 Å². The number of thiazole rings is 1. The topological polar surface area (TPSA) is 195 Å². The lowest BCUT2D eigenvalue weighted by Gasteiger charge is -2.43. The van der Waals surface area contributed by atoms with E-state index in [1.165, 1.54) is 0 Å². The Hall–Kier alpha value is -6.63. The van der Waals surface area contributed by atoms with Crippen LogP contribution in [0.3, 0.4) is 0 Å². The average Bonchev–Trinajstić information content (AvgIpc) is 4.22. The molecule has 17 nitrogen and oxygen atoms in total. The number of anilines is 3. The highest BCUT2D eigenvalue weighted by atomic mass is 32.1. The summed E-state index contributed by atoms with van der Waals surface area (Å²) in [5.41, 5.74) is 15.4. The number of aromatic nitrogens is 5. The lowest BCUT2D eigenvalue weighted by Crippen LogP contribution is -2.54. The Bertz CT molecular complexity index is 2830. The summed E-state index contributed by atoms with van der Waals surface area (Å²) in [5, 5.41) is 26.6. The second kappa shape index (κ2) is 22.2. The van der Waals surface area contributed by atoms with Gasteiger partial charge in [-0.2, -0.15) is 0 Å². The number of ether oxygens (including phenoxy) is 1. The van der Waals surface area contributed by atoms with E-state index < -0.39 is 12.0 Å². The summed E-state index contributed by atoms with van der Waals surface area (Å²) >= 11 is 1.62. The van der Waals surface area contributed by atoms with E-state index in [1.807, 2.05) is 63.7 Å². The summed E-state index contributed by atoms with van der Waals surface area (Å²) in [6.45, 7) is 16.4. The molecule has 73 heavy (non-hydrogen) atoms. The predicted octanol–water partition coefficient (Wildman–Crippen LogP) is 7.34. The summed E-state index contributed by atoms with van der Waals surface area (Å²) in [4.78, 5) is 49.6. The number of aryl methyl sites for hydroxylation is 2. The number of aromatic hydroxyl groups is 1. The van der Waals surface area contributed by atoms with Crippen LogP contribution < -0.4 is 25.6 Å². The molecule has 4 N–H and O–H groups in total. The number of pyridine rings is 1. The van der Waals surface area contributed by atoms with Gasteiger partial charge < -0.3 is 45.0 Å². The van der Waals surface area contributed by atoms with Crippen molar-refractivity contribution < 1.29 is 24.0 Å². The summed E-state index contributed by atoms with van der Waals surface area (Å²) in [7, 11) is 0. The van der Waals surface area contributed by atoms with Gasteiger partial charge >= 0.3 is 0 Å². The molecule has 2 unspecified atom stereocenters. The Morgan fingerprint density at radius 1 is 0.904 bits per heavy atom. The largest absolute Gasteiger partial charge is 0.507 e. The number of nitrogens with zero attached hydrogens (tertiary/aromatic N) is 10. The van der Waals surface area contributed by atoms with E-state index >= 15 is 0 Å². The predicted molar refractivity (Wildman–Crippen MR) is 284 cm³/mol. The van der Waals surface area contributed by atoms with Gasteiger partial charge in [0.05, 0.1) is 39.2 Å². The summed E-state index contributed by atoms with van der Waals surface area (Å²) in [5.74, 6) is 1.01. The summed E-state index contributed by atoms with van der Waals surface area (Å²) in [6, 6.07) is 23.3. The zero-order valence-corrected chi connectivity index (χ0v) is 43.2. The van der Waals surface area contributed by atoms with Crippen LogP contribution in [-0.2, 0) is 16.0 Å². The normalized spacial score (nSPS) is 20.2. The number of amides is 2. The fourth-order valence-electron chi connectivity index (χ4n) is 11.3. The molecule has 4 fully saturated rings. The lowest BCUT2D eigenvalue weighted by atomic mass is 9.91. The van der Waals surface area contributed by atoms with Crippen LogP contribution in [0.1, 0.15) is 87.5 Å². The number of phenolic OH excluding ortho intramolecular Hbond substituents is 1. The minimum absolute atomic E-state index is 0.0329. The molecule has 5 atom stereocenters. The van der Waals surface area contributed by atoms with Gasteiger partial charge in [0.15, 0.2) is 5.82 Å². The van der Waals surface area contributed by atoms with Crippen molar-refractivity contribution in [3.8, 4) is 33.3 Å². The summed E-state index contributed by atoms with van der Waals surface area (Å²) in [6.07, 6.45) is 7.11. The van der Waals surface area contributed by atoms with Crippen LogP contribution in [0, 0.1) is 12.8 Å². The number of carbonyl (C=O) groups excluding carboxylic acids is 2. The number of benzene rings is 2. The maximum absolute atomic E-state index is 14.2. The second-order valence-corrected chi connectivity index (χ2v) is 21.3. The number of hydrogen-bond acceptors (Lipinski definition) is 16. The minimum Gasteiger partial charge on any atom is -0.507 e. The number of nitrogens with one attached hydrogen (secondary N) is 1. The van der Waals surface area contributed by atoms with Crippen LogP contribution in [0.15, 0.2) is 89.0 Å². The summed E-state index contributed by atoms with van der Waals surface area (Å²) < 4.78 is 12.2. The van der Waals surface area contributed by atoms with E-state index in [0.29, 0.717) is 60.4 Å². The quantitative estimate of drug-likeness (QED) is 0.0773. The SMILES string of the molecule is Cc1ncsc1-c1ccc([C@H](C)NC(=O)[C@@H]2CCCN2C(=O)[C@@H](c2cc(CCCN3CCN(CCOc4cc(N5C6CCC5CN(c5cc(-c7ccccc7O)nnc5N)C6)ccn4)CC3)no2)C(C)C)cc1. The molecular weight excluding hydrogens is 941 g/mol. The molecular formula is C55H68N12O5S. The molecule has 6 aromatic rings. The van der Waals surface area contributed by atoms with Crippen LogP contribution in [0.5, 0.6) is 11.6 Å². The van der Waals surface area contributed by atoms with E-state index in [-0.39, 0.29) is 29.5 Å². The molecule has 4 aromatic heterocycles. The molecule has 0 spiro atoms. The zero-order chi connectivity index (χ0) is 50.6. The van der Waals surface area contributed by atoms with Crippen LogP contribution >= 0.6 is 11.3 Å². The molecule has 8 heterocycles. The van der Waals surface area contributed by atoms with Crippen molar-refractivity contribution in [3.63, 3.8) is 0 Å². The Kier molecular flexibility index (Phi) is 15.2. The average molecular weight is 1010 g/mol. The molecule has 0 aliphatic carbocycles. The number of phenols is 1. The number of nitrogen functional groups attached to an aromatic ring is 1. The van der Waals surface area contributed by atoms with Crippen molar-refractivity contribution in [3.05, 3.63) is 107 Å². The van der Waals surface area contributed by atoms with Gasteiger partial charge in [-0.05, 0) is 100 Å². The van der Waals surface area contributed by atoms with E-state index in [0.717, 1.165) is 123 Å². The van der Waals surface area contributed by atoms with Gasteiger partial charge in [0.1, 0.15) is 30.1 Å². The van der Waals surface area contributed by atoms with Crippen LogP contribution in [0.4, 0.5) is 17.2 Å². The van der Waals surface area contributed by atoms with Crippen molar-refractivity contribution in [2.24, 2.45) is 5.92 Å². The molecule has 18 heteroatoms. The number of rotatable bonds is 18. The number of piperazine rings is 2. The molecule has 4 aliphatic rings. The third kappa shape index (κ3) is 11.2. The maximum atomic E-state index is 14.2. The fourth-order valence-corrected chi connectivity index (χ4v) is 12.1. The van der Waals surface area contributed by atoms with E-state index in [9.17, 15) is 14.7 Å². The fraction of sp³-hybridized carbons (Fsp3) is 0.473. The molecule has 2 amide bonds. The number of carbonyl (C=O) groups is 2. The minimum atomic E-state index is -0.526. The van der Waals surface area contributed by atoms with E-state index in [4.69, 9.17) is 15.0 Å². The van der Waals surface area contributed by atoms with Crippen LogP contribution in [0.2, 0.25) is 0 Å². The van der Waals surface area contributed by atoms with Crippen molar-refractivity contribution in [1.29, 1.82) is 0 Å². The van der Waals surface area contributed by atoms with Gasteiger partial charge in [-0.1, -0.05) is 55.4 Å². The highest BCUT2D eigenvalue weighted by Gasteiger charge is 2.42. The van der Waals surface area contributed by atoms with Gasteiger partial charge in [0.25, 0.3) is 0 Å². The highest BCUT2D eigenvalue weighted by molar-refractivity contribution is 7.13. The van der Waals surface area contributed by atoms with Crippen molar-refractivity contribution >= 4 is 40.3 Å². The first-order chi connectivity index (χ1) is 35.5. The lowest BCUT2D eigenvalue weighted by molar-refractivity contribution is -0.141. The van der Waals surface area contributed by atoms with E-state index in [2.05, 4.69) is 86.6 Å². The monoisotopic (exact) mass is 1010 g/mol. The smallest absolute Gasteiger partial charge is 0.243 e. The third-order valence-electron chi connectivity index (χ3n) is 15.3. The molecule has 2 aromatic carbocycles. The molecule has 4 saturated heterocycles. The molecule has 0 radical (unpaired) electrons. The highest BCUT2D eigenvalue weighted by Crippen LogP contribution is 2.40. The maximum Gasteiger partial charge on any atom is 0.243 e. The second-order valence-electron chi connectivity index (χ2n) is 20.5. The Morgan fingerprint density at radius 3 is 2.38 bits per heavy atom. The Morgan fingerprint density at radius 2 is 1.66 bits per heavy atom. The first-order valence-electron chi connectivity index (χ1n) is 26.0. The third-order valence-corrected chi connectivity index (χ3v) is 16.3. The first kappa shape index (κ1) is 49.9. The molecule has 384 valence electrons. The first-order valence-corrected chi connectivity index (χ1v) is 26.9. The van der Waals surface area contributed by atoms with Crippen LogP contribution in [-0.4, -0.2) is 141 Å². The van der Waals surface area contributed by atoms with Crippen molar-refractivity contribution in [2.45, 2.75) is 96.3 Å². The number of hydrogen-bond donors (Lipinski definition) is 3. The number of fused-ring (bicyclic) bond motifs is 2. The van der Waals surface area contributed by atoms with Crippen LogP contribution in [0.25, 0.3) is 21.7 Å². The van der Waals surface area contributed by atoms with Gasteiger partial charge in [-0.25, -0.2) is 9.97 Å². The molecule has 4 aliphatic heterocycles. The number of para-hydroxylation sites is 1. The van der Waals surface area contributed by atoms with Crippen molar-refractivity contribution in [2.75, 3.05) is 81.0 Å². The Labute approximate surface area is 431 Å². The molecule has 10 rings (SSSR count).